The van der Waals surface area contributed by atoms with Gasteiger partial charge >= 0.3 is 6.09 Å². The van der Waals surface area contributed by atoms with Crippen LogP contribution in [-0.4, -0.2) is 72.0 Å². The molecule has 3 N–H and O–H groups in total. The van der Waals surface area contributed by atoms with Gasteiger partial charge in [-0.05, 0) is 90.3 Å². The van der Waals surface area contributed by atoms with Gasteiger partial charge in [0.05, 0.1) is 17.4 Å². The van der Waals surface area contributed by atoms with Crippen molar-refractivity contribution < 1.29 is 14.7 Å². The monoisotopic (exact) mass is 621 g/mol. The molecule has 0 radical (unpaired) electrons. The van der Waals surface area contributed by atoms with Gasteiger partial charge in [-0.3, -0.25) is 10.1 Å². The van der Waals surface area contributed by atoms with Gasteiger partial charge in [0.25, 0.3) is 0 Å². The van der Waals surface area contributed by atoms with Crippen molar-refractivity contribution in [1.82, 2.24) is 40.6 Å². The van der Waals surface area contributed by atoms with Gasteiger partial charge in [-0.2, -0.15) is 9.78 Å². The van der Waals surface area contributed by atoms with Crippen LogP contribution in [0.15, 0.2) is 60.9 Å². The second-order valence-corrected chi connectivity index (χ2v) is 10.9. The summed E-state index contributed by atoms with van der Waals surface area (Å²) in [4.78, 5) is 26.7. The number of rotatable bonds is 10. The van der Waals surface area contributed by atoms with Crippen molar-refractivity contribution in [2.45, 2.75) is 25.8 Å². The molecule has 0 bridgehead atoms. The van der Waals surface area contributed by atoms with Crippen molar-refractivity contribution in [3.8, 4) is 16.8 Å². The Morgan fingerprint density at radius 3 is 2.65 bits per heavy atom. The summed E-state index contributed by atoms with van der Waals surface area (Å²) < 4.78 is 1.49. The van der Waals surface area contributed by atoms with Gasteiger partial charge in [-0.1, -0.05) is 42.3 Å². The molecule has 1 aliphatic rings. The van der Waals surface area contributed by atoms with E-state index in [1.54, 1.807) is 48.5 Å². The van der Waals surface area contributed by atoms with Crippen LogP contribution >= 0.6 is 23.2 Å². The lowest BCUT2D eigenvalue weighted by molar-refractivity contribution is -0.117. The number of amides is 2. The number of hydrogen-bond acceptors (Lipinski definition) is 8. The second-order valence-electron chi connectivity index (χ2n) is 10.1. The fourth-order valence-electron chi connectivity index (χ4n) is 5.13. The van der Waals surface area contributed by atoms with Gasteiger partial charge < -0.3 is 15.3 Å². The summed E-state index contributed by atoms with van der Waals surface area (Å²) >= 11 is 12.7. The number of halogens is 2. The molecule has 0 spiro atoms. The van der Waals surface area contributed by atoms with E-state index in [-0.39, 0.29) is 11.1 Å². The number of nitrogens with zero attached hydrogens (tertiary/aromatic N) is 7. The highest BCUT2D eigenvalue weighted by atomic mass is 35.5. The Morgan fingerprint density at radius 2 is 1.95 bits per heavy atom. The van der Waals surface area contributed by atoms with Crippen LogP contribution in [0.1, 0.15) is 37.1 Å². The molecule has 4 aromatic rings. The number of tetrazole rings is 1. The summed E-state index contributed by atoms with van der Waals surface area (Å²) in [5.41, 5.74) is 3.68. The summed E-state index contributed by atoms with van der Waals surface area (Å²) in [7, 11) is 0. The zero-order valence-corrected chi connectivity index (χ0v) is 24.7. The Morgan fingerprint density at radius 1 is 1.14 bits per heavy atom. The first kappa shape index (κ1) is 30.1. The largest absolute Gasteiger partial charge is 0.465 e. The van der Waals surface area contributed by atoms with Gasteiger partial charge in [0.2, 0.25) is 5.91 Å². The summed E-state index contributed by atoms with van der Waals surface area (Å²) in [5, 5.41) is 35.0. The van der Waals surface area contributed by atoms with Crippen molar-refractivity contribution >= 4 is 47.0 Å². The normalized spacial score (nSPS) is 15.9. The Bertz CT molecular complexity index is 1610. The first-order valence-corrected chi connectivity index (χ1v) is 14.4. The molecule has 2 unspecified atom stereocenters. The maximum atomic E-state index is 13.3. The molecule has 2 aromatic heterocycles. The van der Waals surface area contributed by atoms with E-state index >= 15 is 0 Å². The highest BCUT2D eigenvalue weighted by Crippen LogP contribution is 2.32. The second kappa shape index (κ2) is 13.7. The lowest BCUT2D eigenvalue weighted by atomic mass is 9.95. The third-order valence-electron chi connectivity index (χ3n) is 7.27. The smallest absolute Gasteiger partial charge is 0.409 e. The number of carboxylic acid groups (broad SMARTS) is 1. The molecule has 1 fully saturated rings. The van der Waals surface area contributed by atoms with Crippen molar-refractivity contribution in [3.63, 3.8) is 0 Å². The summed E-state index contributed by atoms with van der Waals surface area (Å²) in [6.45, 7) is 5.05. The zero-order chi connectivity index (χ0) is 30.3. The molecule has 0 aliphatic carbocycles. The number of nitrogens with one attached hydrogen (secondary N) is 2. The first-order chi connectivity index (χ1) is 20.8. The van der Waals surface area contributed by atoms with Gasteiger partial charge in [-0.25, -0.2) is 4.79 Å². The highest BCUT2D eigenvalue weighted by molar-refractivity contribution is 6.32. The van der Waals surface area contributed by atoms with Crippen LogP contribution in [-0.2, 0) is 4.79 Å². The van der Waals surface area contributed by atoms with Crippen LogP contribution < -0.4 is 10.6 Å². The molecule has 2 aromatic carbocycles. The third kappa shape index (κ3) is 7.72. The molecule has 3 heterocycles. The first-order valence-electron chi connectivity index (χ1n) is 13.7. The Kier molecular flexibility index (Phi) is 9.60. The average Bonchev–Trinajstić information content (AvgIpc) is 3.69. The minimum atomic E-state index is -1.15. The molecule has 1 aliphatic heterocycles. The number of aromatic nitrogens is 6. The van der Waals surface area contributed by atoms with Crippen molar-refractivity contribution in [3.05, 3.63) is 82.4 Å². The molecule has 2 atom stereocenters. The van der Waals surface area contributed by atoms with Crippen molar-refractivity contribution in [2.75, 3.05) is 25.0 Å². The maximum absolute atomic E-state index is 13.3. The standard InChI is InChI=1S/C29H29Cl2N9O3/c1-2-39-12-11-18(16-39)13-24(25-15-23(28(31)36-35-25)19-3-7-22(8-4-19)33-29(42)43)34-27(41)10-5-20-14-21(30)6-9-26(20)40-17-32-37-38-40/h3-10,14-15,17-18,24,33H,2,11-13,16H2,1H3,(H,34,41)(H,42,43)/b10-5+. The van der Waals surface area contributed by atoms with Crippen molar-refractivity contribution in [2.24, 2.45) is 5.92 Å². The van der Waals surface area contributed by atoms with Crippen molar-refractivity contribution in [1.29, 1.82) is 0 Å². The quantitative estimate of drug-likeness (QED) is 0.205. The van der Waals surface area contributed by atoms with E-state index < -0.39 is 12.1 Å². The van der Waals surface area contributed by atoms with E-state index in [4.69, 9.17) is 28.3 Å². The van der Waals surface area contributed by atoms with Gasteiger partial charge in [-0.15, -0.1) is 10.2 Å². The van der Waals surface area contributed by atoms with E-state index in [2.05, 4.69) is 48.2 Å². The average molecular weight is 623 g/mol. The van der Waals surface area contributed by atoms with Crippen LogP contribution in [0.3, 0.4) is 0 Å². The molecular formula is C29H29Cl2N9O3. The van der Waals surface area contributed by atoms with E-state index in [9.17, 15) is 9.59 Å². The molecule has 43 heavy (non-hydrogen) atoms. The minimum Gasteiger partial charge on any atom is -0.465 e. The van der Waals surface area contributed by atoms with Crippen LogP contribution in [0.2, 0.25) is 10.2 Å². The van der Waals surface area contributed by atoms with Crippen LogP contribution in [0, 0.1) is 5.92 Å². The number of likely N-dealkylation sites (tertiary alicyclic amines) is 1. The number of anilines is 1. The third-order valence-corrected chi connectivity index (χ3v) is 7.79. The maximum Gasteiger partial charge on any atom is 0.409 e. The Balaban J connectivity index is 1.40. The minimum absolute atomic E-state index is 0.196. The van der Waals surface area contributed by atoms with E-state index in [0.29, 0.717) is 45.6 Å². The van der Waals surface area contributed by atoms with Crippen LogP contribution in [0.4, 0.5) is 10.5 Å². The van der Waals surface area contributed by atoms with E-state index in [1.165, 1.54) is 17.1 Å². The summed E-state index contributed by atoms with van der Waals surface area (Å²) in [5.74, 6) is 0.0382. The predicted octanol–water partition coefficient (Wildman–Crippen LogP) is 5.12. The van der Waals surface area contributed by atoms with E-state index in [1.807, 2.05) is 6.07 Å². The van der Waals surface area contributed by atoms with Gasteiger partial charge in [0.15, 0.2) is 5.15 Å². The summed E-state index contributed by atoms with van der Waals surface area (Å²) in [6, 6.07) is 13.4. The predicted molar refractivity (Wildman–Crippen MR) is 163 cm³/mol. The number of hydrogen-bond donors (Lipinski definition) is 3. The molecule has 2 amide bonds. The number of benzene rings is 2. The van der Waals surface area contributed by atoms with Crippen LogP contribution in [0.25, 0.3) is 22.9 Å². The fourth-order valence-corrected chi connectivity index (χ4v) is 5.51. The van der Waals surface area contributed by atoms with Gasteiger partial charge in [0, 0.05) is 34.5 Å². The molecule has 0 saturated carbocycles. The molecular weight excluding hydrogens is 593 g/mol. The Labute approximate surface area is 257 Å². The molecule has 14 heteroatoms. The topological polar surface area (TPSA) is 151 Å². The molecule has 12 nitrogen and oxygen atoms in total. The zero-order valence-electron chi connectivity index (χ0n) is 23.2. The van der Waals surface area contributed by atoms with E-state index in [0.717, 1.165) is 31.6 Å². The number of carbonyl (C=O) groups is 2. The van der Waals surface area contributed by atoms with Gasteiger partial charge in [0.1, 0.15) is 6.33 Å². The number of carbonyl (C=O) groups excluding carboxylic acids is 1. The molecule has 1 saturated heterocycles. The fraction of sp³-hybridized carbons (Fsp3) is 0.276. The van der Waals surface area contributed by atoms with Crippen LogP contribution in [0.5, 0.6) is 0 Å². The molecule has 222 valence electrons. The highest BCUT2D eigenvalue weighted by Gasteiger charge is 2.27. The Hall–Kier alpha value is -4.39. The lowest BCUT2D eigenvalue weighted by Gasteiger charge is -2.22. The summed E-state index contributed by atoms with van der Waals surface area (Å²) in [6.07, 6.45) is 5.10. The lowest BCUT2D eigenvalue weighted by Crippen LogP contribution is -2.30. The molecule has 5 rings (SSSR count). The SMILES string of the molecule is CCN1CCC(CC(NC(=O)/C=C/c2cc(Cl)ccc2-n2cnnn2)c2cc(-c3ccc(NC(=O)O)cc3)c(Cl)nn2)C1.